The molecule has 0 bridgehead atoms. The summed E-state index contributed by atoms with van der Waals surface area (Å²) in [7, 11) is 0. The van der Waals surface area contributed by atoms with Gasteiger partial charge in [-0.25, -0.2) is 4.79 Å². The maximum absolute atomic E-state index is 11.4. The maximum atomic E-state index is 11.4. The van der Waals surface area contributed by atoms with Gasteiger partial charge < -0.3 is 9.47 Å². The highest BCUT2D eigenvalue weighted by Gasteiger charge is 2.33. The standard InChI is InChI=1S/C11H15NO3/c1-3-14-10(8-5-6-8)9(7-12)11(13)15-4-2/h8H,3-6H2,1-2H3. The summed E-state index contributed by atoms with van der Waals surface area (Å²) in [5.41, 5.74) is 0.0289. The lowest BCUT2D eigenvalue weighted by Gasteiger charge is -2.09. The van der Waals surface area contributed by atoms with Crippen molar-refractivity contribution < 1.29 is 14.3 Å². The van der Waals surface area contributed by atoms with Crippen LogP contribution in [0, 0.1) is 17.2 Å². The minimum absolute atomic E-state index is 0.0289. The zero-order valence-electron chi connectivity index (χ0n) is 9.08. The molecule has 1 rings (SSSR count). The first-order valence-electron chi connectivity index (χ1n) is 5.18. The molecule has 0 radical (unpaired) electrons. The lowest BCUT2D eigenvalue weighted by molar-refractivity contribution is -0.138. The Kier molecular flexibility index (Phi) is 4.17. The lowest BCUT2D eigenvalue weighted by Crippen LogP contribution is -2.11. The van der Waals surface area contributed by atoms with Crippen LogP contribution in [-0.4, -0.2) is 19.2 Å². The number of nitrogens with zero attached hydrogens (tertiary/aromatic N) is 1. The van der Waals surface area contributed by atoms with Gasteiger partial charge in [0.15, 0.2) is 5.57 Å². The van der Waals surface area contributed by atoms with Crippen molar-refractivity contribution in [2.45, 2.75) is 26.7 Å². The van der Waals surface area contributed by atoms with Gasteiger partial charge in [-0.15, -0.1) is 0 Å². The second kappa shape index (κ2) is 5.40. The zero-order valence-corrected chi connectivity index (χ0v) is 9.08. The van der Waals surface area contributed by atoms with Crippen LogP contribution in [-0.2, 0) is 14.3 Å². The van der Waals surface area contributed by atoms with Crippen LogP contribution in [0.4, 0.5) is 0 Å². The minimum Gasteiger partial charge on any atom is -0.496 e. The first-order valence-corrected chi connectivity index (χ1v) is 5.18. The number of hydrogen-bond acceptors (Lipinski definition) is 4. The molecule has 4 nitrogen and oxygen atoms in total. The van der Waals surface area contributed by atoms with E-state index in [4.69, 9.17) is 14.7 Å². The van der Waals surface area contributed by atoms with E-state index in [0.29, 0.717) is 12.4 Å². The van der Waals surface area contributed by atoms with Gasteiger partial charge in [0, 0.05) is 5.92 Å². The summed E-state index contributed by atoms with van der Waals surface area (Å²) in [6.07, 6.45) is 1.97. The van der Waals surface area contributed by atoms with Crippen molar-refractivity contribution in [3.05, 3.63) is 11.3 Å². The molecule has 0 atom stereocenters. The van der Waals surface area contributed by atoms with Gasteiger partial charge in [-0.2, -0.15) is 5.26 Å². The molecule has 0 amide bonds. The minimum atomic E-state index is -0.574. The van der Waals surface area contributed by atoms with E-state index in [1.54, 1.807) is 6.92 Å². The molecule has 1 saturated carbocycles. The fourth-order valence-corrected chi connectivity index (χ4v) is 1.30. The molecule has 0 aromatic heterocycles. The van der Waals surface area contributed by atoms with E-state index in [-0.39, 0.29) is 18.1 Å². The molecule has 0 aromatic carbocycles. The summed E-state index contributed by atoms with van der Waals surface area (Å²) in [4.78, 5) is 11.4. The van der Waals surface area contributed by atoms with Crippen molar-refractivity contribution in [2.24, 2.45) is 5.92 Å². The molecule has 1 aliphatic carbocycles. The predicted molar refractivity (Wildman–Crippen MR) is 53.6 cm³/mol. The van der Waals surface area contributed by atoms with Gasteiger partial charge in [-0.1, -0.05) is 0 Å². The second-order valence-corrected chi connectivity index (χ2v) is 3.28. The van der Waals surface area contributed by atoms with Crippen molar-refractivity contribution in [3.63, 3.8) is 0 Å². The van der Waals surface area contributed by atoms with Gasteiger partial charge in [0.05, 0.1) is 13.2 Å². The number of carbonyl (C=O) groups excluding carboxylic acids is 1. The molecule has 82 valence electrons. The van der Waals surface area contributed by atoms with Crippen LogP contribution in [0.5, 0.6) is 0 Å². The van der Waals surface area contributed by atoms with Gasteiger partial charge in [0.2, 0.25) is 0 Å². The van der Waals surface area contributed by atoms with E-state index in [1.807, 2.05) is 13.0 Å². The Hall–Kier alpha value is -1.50. The van der Waals surface area contributed by atoms with Gasteiger partial charge in [-0.3, -0.25) is 0 Å². The van der Waals surface area contributed by atoms with E-state index >= 15 is 0 Å². The number of hydrogen-bond donors (Lipinski definition) is 0. The molecular formula is C11H15NO3. The Labute approximate surface area is 89.5 Å². The quantitative estimate of drug-likeness (QED) is 0.299. The second-order valence-electron chi connectivity index (χ2n) is 3.28. The molecule has 1 fully saturated rings. The van der Waals surface area contributed by atoms with Crippen LogP contribution in [0.25, 0.3) is 0 Å². The van der Waals surface area contributed by atoms with Crippen LogP contribution >= 0.6 is 0 Å². The van der Waals surface area contributed by atoms with Crippen molar-refractivity contribution in [1.29, 1.82) is 5.26 Å². The first kappa shape index (κ1) is 11.6. The molecule has 0 saturated heterocycles. The molecule has 0 unspecified atom stereocenters. The van der Waals surface area contributed by atoms with Crippen molar-refractivity contribution in [2.75, 3.05) is 13.2 Å². The van der Waals surface area contributed by atoms with Crippen molar-refractivity contribution in [1.82, 2.24) is 0 Å². The third-order valence-electron chi connectivity index (χ3n) is 2.09. The first-order chi connectivity index (χ1) is 7.24. The van der Waals surface area contributed by atoms with E-state index in [0.717, 1.165) is 12.8 Å². The van der Waals surface area contributed by atoms with Crippen LogP contribution in [0.1, 0.15) is 26.7 Å². The van der Waals surface area contributed by atoms with Crippen molar-refractivity contribution >= 4 is 5.97 Å². The van der Waals surface area contributed by atoms with Gasteiger partial charge in [0.25, 0.3) is 0 Å². The number of rotatable bonds is 5. The average Bonchev–Trinajstić information content (AvgIpc) is 3.01. The number of ether oxygens (including phenoxy) is 2. The molecule has 0 spiro atoms. The predicted octanol–water partition coefficient (Wildman–Crippen LogP) is 1.77. The number of nitriles is 1. The fourth-order valence-electron chi connectivity index (χ4n) is 1.30. The van der Waals surface area contributed by atoms with E-state index in [9.17, 15) is 4.79 Å². The fraction of sp³-hybridized carbons (Fsp3) is 0.636. The van der Waals surface area contributed by atoms with Crippen molar-refractivity contribution in [3.8, 4) is 6.07 Å². The molecule has 1 aliphatic rings. The normalized spacial score (nSPS) is 16.3. The number of allylic oxidation sites excluding steroid dienone is 1. The largest absolute Gasteiger partial charge is 0.496 e. The van der Waals surface area contributed by atoms with Crippen LogP contribution in [0.3, 0.4) is 0 Å². The van der Waals surface area contributed by atoms with E-state index in [2.05, 4.69) is 0 Å². The Bertz CT molecular complexity index is 310. The summed E-state index contributed by atoms with van der Waals surface area (Å²) in [5, 5.41) is 8.91. The van der Waals surface area contributed by atoms with Crippen LogP contribution in [0.2, 0.25) is 0 Å². The molecule has 15 heavy (non-hydrogen) atoms. The summed E-state index contributed by atoms with van der Waals surface area (Å²) >= 11 is 0. The van der Waals surface area contributed by atoms with Gasteiger partial charge >= 0.3 is 5.97 Å². The smallest absolute Gasteiger partial charge is 0.352 e. The molecule has 0 heterocycles. The highest BCUT2D eigenvalue weighted by molar-refractivity contribution is 5.93. The topological polar surface area (TPSA) is 59.3 Å². The highest BCUT2D eigenvalue weighted by atomic mass is 16.5. The third kappa shape index (κ3) is 2.98. The zero-order chi connectivity index (χ0) is 11.3. The molecule has 4 heteroatoms. The van der Waals surface area contributed by atoms with Gasteiger partial charge in [-0.05, 0) is 26.7 Å². The summed E-state index contributed by atoms with van der Waals surface area (Å²) < 4.78 is 10.1. The summed E-state index contributed by atoms with van der Waals surface area (Å²) in [6.45, 7) is 4.29. The van der Waals surface area contributed by atoms with Gasteiger partial charge in [0.1, 0.15) is 11.8 Å². The molecule has 0 N–H and O–H groups in total. The average molecular weight is 209 g/mol. The highest BCUT2D eigenvalue weighted by Crippen LogP contribution is 2.38. The Balaban J connectivity index is 2.86. The summed E-state index contributed by atoms with van der Waals surface area (Å²) in [5.74, 6) is 0.179. The number of carbonyl (C=O) groups is 1. The van der Waals surface area contributed by atoms with Crippen LogP contribution in [0.15, 0.2) is 11.3 Å². The number of esters is 1. The Morgan fingerprint density at radius 2 is 1.93 bits per heavy atom. The van der Waals surface area contributed by atoms with Crippen LogP contribution < -0.4 is 0 Å². The monoisotopic (exact) mass is 209 g/mol. The van der Waals surface area contributed by atoms with E-state index in [1.165, 1.54) is 0 Å². The van der Waals surface area contributed by atoms with E-state index < -0.39 is 5.97 Å². The Morgan fingerprint density at radius 1 is 1.33 bits per heavy atom. The molecule has 0 aromatic rings. The molecule has 0 aliphatic heterocycles. The maximum Gasteiger partial charge on any atom is 0.352 e. The Morgan fingerprint density at radius 3 is 2.33 bits per heavy atom. The SMILES string of the molecule is CCOC(=O)C(C#N)=C(OCC)C1CC1. The third-order valence-corrected chi connectivity index (χ3v) is 2.09. The molecular weight excluding hydrogens is 194 g/mol. The summed E-state index contributed by atoms with van der Waals surface area (Å²) in [6, 6.07) is 1.87. The lowest BCUT2D eigenvalue weighted by atomic mass is 10.2.